The summed E-state index contributed by atoms with van der Waals surface area (Å²) in [4.78, 5) is 10.6. The second kappa shape index (κ2) is 9.03. The summed E-state index contributed by atoms with van der Waals surface area (Å²) >= 11 is 6.01. The molecule has 0 unspecified atom stereocenters. The van der Waals surface area contributed by atoms with E-state index in [-0.39, 0.29) is 6.42 Å². The molecule has 0 aliphatic rings. The molecule has 0 saturated carbocycles. The van der Waals surface area contributed by atoms with Crippen LogP contribution in [0.5, 0.6) is 17.2 Å². The van der Waals surface area contributed by atoms with Crippen LogP contribution in [0.1, 0.15) is 12.0 Å². The fourth-order valence-electron chi connectivity index (χ4n) is 2.10. The molecule has 0 aliphatic heterocycles. The lowest BCUT2D eigenvalue weighted by Gasteiger charge is -2.13. The van der Waals surface area contributed by atoms with Crippen molar-refractivity contribution in [3.05, 3.63) is 53.1 Å². The van der Waals surface area contributed by atoms with Crippen LogP contribution < -0.4 is 14.2 Å². The van der Waals surface area contributed by atoms with Gasteiger partial charge < -0.3 is 19.3 Å². The molecule has 0 amide bonds. The first-order valence-electron chi connectivity index (χ1n) is 7.49. The van der Waals surface area contributed by atoms with Crippen LogP contribution in [0.3, 0.4) is 0 Å². The van der Waals surface area contributed by atoms with Gasteiger partial charge in [0.2, 0.25) is 0 Å². The molecular formula is C18H19ClO5. The van der Waals surface area contributed by atoms with Crippen LogP contribution in [0.2, 0.25) is 5.02 Å². The van der Waals surface area contributed by atoms with Crippen LogP contribution in [-0.4, -0.2) is 31.4 Å². The number of methoxy groups -OCH3 is 1. The number of para-hydroxylation sites is 1. The lowest BCUT2D eigenvalue weighted by Crippen LogP contribution is -2.10. The quantitative estimate of drug-likeness (QED) is 0.696. The number of benzene rings is 2. The Bertz CT molecular complexity index is 687. The second-order valence-corrected chi connectivity index (χ2v) is 5.41. The Kier molecular flexibility index (Phi) is 6.75. The number of carboxylic acids is 1. The Labute approximate surface area is 145 Å². The third-order valence-electron chi connectivity index (χ3n) is 3.29. The maximum atomic E-state index is 10.6. The Hall–Kier alpha value is -2.40. The highest BCUT2D eigenvalue weighted by molar-refractivity contribution is 6.32. The van der Waals surface area contributed by atoms with Crippen molar-refractivity contribution < 1.29 is 24.1 Å². The van der Waals surface area contributed by atoms with Crippen LogP contribution in [0, 0.1) is 0 Å². The molecule has 0 fully saturated rings. The number of aryl methyl sites for hydroxylation is 1. The Morgan fingerprint density at radius 3 is 2.42 bits per heavy atom. The molecule has 2 aromatic carbocycles. The van der Waals surface area contributed by atoms with Gasteiger partial charge in [-0.15, -0.1) is 0 Å². The maximum absolute atomic E-state index is 10.6. The van der Waals surface area contributed by atoms with Gasteiger partial charge in [-0.05, 0) is 36.2 Å². The molecule has 0 heterocycles. The van der Waals surface area contributed by atoms with Gasteiger partial charge in [-0.1, -0.05) is 29.8 Å². The Morgan fingerprint density at radius 1 is 1.04 bits per heavy atom. The molecule has 0 aliphatic carbocycles. The number of carboxylic acid groups (broad SMARTS) is 1. The third kappa shape index (κ3) is 5.35. The van der Waals surface area contributed by atoms with Crippen molar-refractivity contribution in [3.8, 4) is 17.2 Å². The molecule has 0 spiro atoms. The molecule has 0 bridgehead atoms. The van der Waals surface area contributed by atoms with E-state index in [4.69, 9.17) is 30.9 Å². The van der Waals surface area contributed by atoms with Gasteiger partial charge in [-0.3, -0.25) is 4.79 Å². The van der Waals surface area contributed by atoms with Gasteiger partial charge in [0.25, 0.3) is 0 Å². The SMILES string of the molecule is COc1cc(CCC(=O)O)ccc1OCCOc1ccccc1Cl. The van der Waals surface area contributed by atoms with E-state index in [0.717, 1.165) is 5.56 Å². The fraction of sp³-hybridized carbons (Fsp3) is 0.278. The van der Waals surface area contributed by atoms with Gasteiger partial charge in [0.15, 0.2) is 11.5 Å². The molecule has 0 saturated heterocycles. The first kappa shape index (κ1) is 17.9. The largest absolute Gasteiger partial charge is 0.493 e. The van der Waals surface area contributed by atoms with E-state index in [1.807, 2.05) is 18.2 Å². The van der Waals surface area contributed by atoms with Crippen LogP contribution in [0.15, 0.2) is 42.5 Å². The van der Waals surface area contributed by atoms with Crippen molar-refractivity contribution in [1.29, 1.82) is 0 Å². The van der Waals surface area contributed by atoms with Crippen molar-refractivity contribution in [3.63, 3.8) is 0 Å². The van der Waals surface area contributed by atoms with E-state index in [1.54, 1.807) is 31.4 Å². The summed E-state index contributed by atoms with van der Waals surface area (Å²) in [5, 5.41) is 9.29. The van der Waals surface area contributed by atoms with Crippen molar-refractivity contribution in [1.82, 2.24) is 0 Å². The summed E-state index contributed by atoms with van der Waals surface area (Å²) in [5.41, 5.74) is 0.883. The summed E-state index contributed by atoms with van der Waals surface area (Å²) in [6.45, 7) is 0.670. The van der Waals surface area contributed by atoms with E-state index < -0.39 is 5.97 Å². The molecule has 6 heteroatoms. The minimum Gasteiger partial charge on any atom is -0.493 e. The first-order chi connectivity index (χ1) is 11.6. The summed E-state index contributed by atoms with van der Waals surface area (Å²) in [6.07, 6.45) is 0.524. The average molecular weight is 351 g/mol. The predicted octanol–water partition coefficient (Wildman–Crippen LogP) is 3.82. The fourth-order valence-corrected chi connectivity index (χ4v) is 2.29. The smallest absolute Gasteiger partial charge is 0.303 e. The normalized spacial score (nSPS) is 10.2. The standard InChI is InChI=1S/C18H19ClO5/c1-22-17-12-13(7-9-18(20)21)6-8-16(17)24-11-10-23-15-5-3-2-4-14(15)19/h2-6,8,12H,7,9-11H2,1H3,(H,20,21). The van der Waals surface area contributed by atoms with Gasteiger partial charge in [-0.25, -0.2) is 0 Å². The zero-order valence-corrected chi connectivity index (χ0v) is 14.1. The topological polar surface area (TPSA) is 65.0 Å². The van der Waals surface area contributed by atoms with Crippen LogP contribution >= 0.6 is 11.6 Å². The molecule has 128 valence electrons. The Morgan fingerprint density at radius 2 is 1.75 bits per heavy atom. The van der Waals surface area contributed by atoms with E-state index in [2.05, 4.69) is 0 Å². The summed E-state index contributed by atoms with van der Waals surface area (Å²) in [7, 11) is 1.55. The number of aliphatic carboxylic acids is 1. The Balaban J connectivity index is 1.87. The van der Waals surface area contributed by atoms with Crippen LogP contribution in [0.25, 0.3) is 0 Å². The van der Waals surface area contributed by atoms with Crippen molar-refractivity contribution >= 4 is 17.6 Å². The zero-order valence-electron chi connectivity index (χ0n) is 13.3. The molecule has 2 rings (SSSR count). The molecule has 0 radical (unpaired) electrons. The van der Waals surface area contributed by atoms with E-state index in [9.17, 15) is 4.79 Å². The minimum atomic E-state index is -0.828. The van der Waals surface area contributed by atoms with Crippen molar-refractivity contribution in [2.75, 3.05) is 20.3 Å². The molecular weight excluding hydrogens is 332 g/mol. The predicted molar refractivity (Wildman–Crippen MR) is 91.4 cm³/mol. The monoisotopic (exact) mass is 350 g/mol. The van der Waals surface area contributed by atoms with Gasteiger partial charge in [0.05, 0.1) is 12.1 Å². The molecule has 1 N–H and O–H groups in total. The van der Waals surface area contributed by atoms with E-state index in [1.165, 1.54) is 0 Å². The lowest BCUT2D eigenvalue weighted by atomic mass is 10.1. The maximum Gasteiger partial charge on any atom is 0.303 e. The number of carbonyl (C=O) groups is 1. The molecule has 24 heavy (non-hydrogen) atoms. The highest BCUT2D eigenvalue weighted by Crippen LogP contribution is 2.29. The molecule has 5 nitrogen and oxygen atoms in total. The van der Waals surface area contributed by atoms with Crippen LogP contribution in [0.4, 0.5) is 0 Å². The number of hydrogen-bond donors (Lipinski definition) is 1. The minimum absolute atomic E-state index is 0.0784. The average Bonchev–Trinajstić information content (AvgIpc) is 2.58. The summed E-state index contributed by atoms with van der Waals surface area (Å²) in [5.74, 6) is 0.930. The van der Waals surface area contributed by atoms with E-state index >= 15 is 0 Å². The highest BCUT2D eigenvalue weighted by Gasteiger charge is 2.08. The highest BCUT2D eigenvalue weighted by atomic mass is 35.5. The lowest BCUT2D eigenvalue weighted by molar-refractivity contribution is -0.136. The second-order valence-electron chi connectivity index (χ2n) is 5.01. The van der Waals surface area contributed by atoms with Crippen molar-refractivity contribution in [2.45, 2.75) is 12.8 Å². The summed E-state index contributed by atoms with van der Waals surface area (Å²) in [6, 6.07) is 12.6. The zero-order chi connectivity index (χ0) is 17.4. The number of hydrogen-bond acceptors (Lipinski definition) is 4. The number of halogens is 1. The van der Waals surface area contributed by atoms with E-state index in [0.29, 0.717) is 41.9 Å². The van der Waals surface area contributed by atoms with Crippen molar-refractivity contribution in [2.24, 2.45) is 0 Å². The molecule has 0 atom stereocenters. The van der Waals surface area contributed by atoms with Crippen LogP contribution in [-0.2, 0) is 11.2 Å². The molecule has 0 aromatic heterocycles. The van der Waals surface area contributed by atoms with Gasteiger partial charge in [0.1, 0.15) is 19.0 Å². The summed E-state index contributed by atoms with van der Waals surface area (Å²) < 4.78 is 16.5. The van der Waals surface area contributed by atoms with Gasteiger partial charge in [0, 0.05) is 6.42 Å². The first-order valence-corrected chi connectivity index (χ1v) is 7.87. The number of rotatable bonds is 9. The van der Waals surface area contributed by atoms with Gasteiger partial charge in [-0.2, -0.15) is 0 Å². The molecule has 2 aromatic rings. The third-order valence-corrected chi connectivity index (χ3v) is 3.60. The van der Waals surface area contributed by atoms with Gasteiger partial charge >= 0.3 is 5.97 Å². The number of ether oxygens (including phenoxy) is 3.